The van der Waals surface area contributed by atoms with E-state index in [1.807, 2.05) is 41.3 Å². The van der Waals surface area contributed by atoms with E-state index in [1.54, 1.807) is 12.4 Å². The molecule has 1 fully saturated rings. The van der Waals surface area contributed by atoms with Gasteiger partial charge in [0.05, 0.1) is 6.10 Å². The van der Waals surface area contributed by atoms with Gasteiger partial charge in [0.25, 0.3) is 0 Å². The van der Waals surface area contributed by atoms with Crippen LogP contribution < -0.4 is 0 Å². The maximum Gasteiger partial charge on any atom is 0.222 e. The number of carbonyl (C=O) groups is 1. The van der Waals surface area contributed by atoms with E-state index in [2.05, 4.69) is 4.98 Å². The number of benzene rings is 1. The van der Waals surface area contributed by atoms with Crippen molar-refractivity contribution in [3.05, 3.63) is 64.9 Å². The summed E-state index contributed by atoms with van der Waals surface area (Å²) in [5.41, 5.74) is 2.21. The average molecular weight is 359 g/mol. The minimum Gasteiger partial charge on any atom is -0.393 e. The average Bonchev–Trinajstić information content (AvgIpc) is 2.64. The molecule has 1 saturated heterocycles. The molecule has 132 valence electrons. The number of amides is 1. The van der Waals surface area contributed by atoms with Crippen LogP contribution in [0.4, 0.5) is 0 Å². The van der Waals surface area contributed by atoms with Crippen molar-refractivity contribution in [1.29, 1.82) is 0 Å². The third kappa shape index (κ3) is 5.03. The van der Waals surface area contributed by atoms with Crippen LogP contribution >= 0.6 is 11.6 Å². The standard InChI is InChI=1S/C20H23ClN2O2/c21-18-6-3-15(4-7-18)12-17-14-23(11-9-19(17)24)20(25)8-5-16-2-1-10-22-13-16/h1-4,6-7,10,13,17,19,24H,5,8-9,11-12,14H2/t17-,19+/m1/s1. The predicted octanol–water partition coefficient (Wildman–Crippen LogP) is 3.12. The largest absolute Gasteiger partial charge is 0.393 e. The number of piperidine rings is 1. The normalized spacial score (nSPS) is 20.5. The molecule has 0 unspecified atom stereocenters. The number of nitrogens with zero attached hydrogens (tertiary/aromatic N) is 2. The van der Waals surface area contributed by atoms with Crippen LogP contribution in [0.3, 0.4) is 0 Å². The van der Waals surface area contributed by atoms with Crippen molar-refractivity contribution in [3.63, 3.8) is 0 Å². The summed E-state index contributed by atoms with van der Waals surface area (Å²) in [6, 6.07) is 11.6. The van der Waals surface area contributed by atoms with Gasteiger partial charge in [-0.05, 0) is 48.6 Å². The topological polar surface area (TPSA) is 53.4 Å². The molecule has 0 radical (unpaired) electrons. The van der Waals surface area contributed by atoms with Gasteiger partial charge in [-0.1, -0.05) is 29.8 Å². The zero-order valence-electron chi connectivity index (χ0n) is 14.1. The molecule has 0 saturated carbocycles. The molecule has 5 heteroatoms. The molecule has 1 amide bonds. The fourth-order valence-corrected chi connectivity index (χ4v) is 3.45. The lowest BCUT2D eigenvalue weighted by molar-refractivity contribution is -0.134. The highest BCUT2D eigenvalue weighted by Crippen LogP contribution is 2.23. The lowest BCUT2D eigenvalue weighted by atomic mass is 9.88. The first-order valence-corrected chi connectivity index (χ1v) is 9.09. The van der Waals surface area contributed by atoms with Crippen molar-refractivity contribution in [1.82, 2.24) is 9.88 Å². The third-order valence-electron chi connectivity index (χ3n) is 4.81. The van der Waals surface area contributed by atoms with Crippen LogP contribution in [0.15, 0.2) is 48.8 Å². The Morgan fingerprint density at radius 1 is 1.24 bits per heavy atom. The Morgan fingerprint density at radius 3 is 2.76 bits per heavy atom. The maximum atomic E-state index is 12.5. The van der Waals surface area contributed by atoms with E-state index < -0.39 is 0 Å². The summed E-state index contributed by atoms with van der Waals surface area (Å²) in [4.78, 5) is 18.5. The number of aliphatic hydroxyl groups excluding tert-OH is 1. The monoisotopic (exact) mass is 358 g/mol. The number of likely N-dealkylation sites (tertiary alicyclic amines) is 1. The predicted molar refractivity (Wildman–Crippen MR) is 98.4 cm³/mol. The Kier molecular flexibility index (Phi) is 6.05. The highest BCUT2D eigenvalue weighted by Gasteiger charge is 2.30. The Bertz CT molecular complexity index is 691. The first kappa shape index (κ1) is 17.9. The zero-order chi connectivity index (χ0) is 17.6. The van der Waals surface area contributed by atoms with Crippen LogP contribution in [-0.2, 0) is 17.6 Å². The van der Waals surface area contributed by atoms with Crippen molar-refractivity contribution in [2.45, 2.75) is 31.8 Å². The summed E-state index contributed by atoms with van der Waals surface area (Å²) in [7, 11) is 0. The quantitative estimate of drug-likeness (QED) is 0.893. The molecule has 0 bridgehead atoms. The van der Waals surface area contributed by atoms with E-state index in [0.29, 0.717) is 37.4 Å². The lowest BCUT2D eigenvalue weighted by Gasteiger charge is -2.36. The van der Waals surface area contributed by atoms with Crippen LogP contribution in [0.25, 0.3) is 0 Å². The molecule has 2 aromatic rings. The molecule has 0 spiro atoms. The van der Waals surface area contributed by atoms with E-state index in [9.17, 15) is 9.90 Å². The summed E-state index contributed by atoms with van der Waals surface area (Å²) in [6.07, 6.45) is 5.75. The summed E-state index contributed by atoms with van der Waals surface area (Å²) in [6.45, 7) is 1.24. The summed E-state index contributed by atoms with van der Waals surface area (Å²) >= 11 is 5.93. The minimum atomic E-state index is -0.363. The van der Waals surface area contributed by atoms with E-state index in [1.165, 1.54) is 0 Å². The lowest BCUT2D eigenvalue weighted by Crippen LogP contribution is -2.46. The molecule has 3 rings (SSSR count). The van der Waals surface area contributed by atoms with Crippen molar-refractivity contribution in [3.8, 4) is 0 Å². The molecular weight excluding hydrogens is 336 g/mol. The molecule has 0 aliphatic carbocycles. The van der Waals surface area contributed by atoms with Crippen molar-refractivity contribution in [2.75, 3.05) is 13.1 Å². The molecular formula is C20H23ClN2O2. The SMILES string of the molecule is O=C(CCc1cccnc1)N1CC[C@H](O)[C@H](Cc2ccc(Cl)cc2)C1. The van der Waals surface area contributed by atoms with Gasteiger partial charge in [-0.15, -0.1) is 0 Å². The van der Waals surface area contributed by atoms with Gasteiger partial charge in [0.15, 0.2) is 0 Å². The summed E-state index contributed by atoms with van der Waals surface area (Å²) in [5, 5.41) is 11.0. The van der Waals surface area contributed by atoms with Crippen LogP contribution in [0.1, 0.15) is 24.0 Å². The molecule has 2 atom stereocenters. The number of hydrogen-bond donors (Lipinski definition) is 1. The number of rotatable bonds is 5. The molecule has 1 aliphatic heterocycles. The first-order chi connectivity index (χ1) is 12.1. The van der Waals surface area contributed by atoms with E-state index in [4.69, 9.17) is 11.6 Å². The maximum absolute atomic E-state index is 12.5. The van der Waals surface area contributed by atoms with Crippen molar-refractivity contribution < 1.29 is 9.90 Å². The van der Waals surface area contributed by atoms with Crippen molar-refractivity contribution >= 4 is 17.5 Å². The van der Waals surface area contributed by atoms with Crippen molar-refractivity contribution in [2.24, 2.45) is 5.92 Å². The Morgan fingerprint density at radius 2 is 2.04 bits per heavy atom. The first-order valence-electron chi connectivity index (χ1n) is 8.71. The fourth-order valence-electron chi connectivity index (χ4n) is 3.33. The second-order valence-electron chi connectivity index (χ2n) is 6.65. The van der Waals surface area contributed by atoms with Crippen LogP contribution in [-0.4, -0.2) is 40.1 Å². The van der Waals surface area contributed by atoms with Gasteiger partial charge < -0.3 is 10.0 Å². The van der Waals surface area contributed by atoms with Gasteiger partial charge in [-0.25, -0.2) is 0 Å². The molecule has 4 nitrogen and oxygen atoms in total. The minimum absolute atomic E-state index is 0.0669. The van der Waals surface area contributed by atoms with E-state index in [0.717, 1.165) is 17.5 Å². The van der Waals surface area contributed by atoms with Gasteiger partial charge in [0.2, 0.25) is 5.91 Å². The number of carbonyl (C=O) groups excluding carboxylic acids is 1. The van der Waals surface area contributed by atoms with Crippen LogP contribution in [0.5, 0.6) is 0 Å². The van der Waals surface area contributed by atoms with E-state index >= 15 is 0 Å². The second-order valence-corrected chi connectivity index (χ2v) is 7.08. The molecule has 1 aliphatic rings. The Labute approximate surface area is 153 Å². The highest BCUT2D eigenvalue weighted by atomic mass is 35.5. The molecule has 2 heterocycles. The summed E-state index contributed by atoms with van der Waals surface area (Å²) < 4.78 is 0. The highest BCUT2D eigenvalue weighted by molar-refractivity contribution is 6.30. The number of aliphatic hydroxyl groups is 1. The second kappa shape index (κ2) is 8.45. The number of pyridine rings is 1. The molecule has 1 aromatic carbocycles. The smallest absolute Gasteiger partial charge is 0.222 e. The van der Waals surface area contributed by atoms with E-state index in [-0.39, 0.29) is 17.9 Å². The number of hydrogen-bond acceptors (Lipinski definition) is 3. The van der Waals surface area contributed by atoms with Crippen LogP contribution in [0, 0.1) is 5.92 Å². The summed E-state index contributed by atoms with van der Waals surface area (Å²) in [5.74, 6) is 0.217. The zero-order valence-corrected chi connectivity index (χ0v) is 14.9. The number of aryl methyl sites for hydroxylation is 1. The van der Waals surface area contributed by atoms with Crippen LogP contribution in [0.2, 0.25) is 5.02 Å². The third-order valence-corrected chi connectivity index (χ3v) is 5.06. The number of halogens is 1. The Balaban J connectivity index is 1.55. The molecule has 1 N–H and O–H groups in total. The van der Waals surface area contributed by atoms with Gasteiger partial charge in [-0.2, -0.15) is 0 Å². The van der Waals surface area contributed by atoms with Gasteiger partial charge >= 0.3 is 0 Å². The Hall–Kier alpha value is -1.91. The molecule has 25 heavy (non-hydrogen) atoms. The number of aromatic nitrogens is 1. The fraction of sp³-hybridized carbons (Fsp3) is 0.400. The molecule has 1 aromatic heterocycles. The van der Waals surface area contributed by atoms with Gasteiger partial charge in [0, 0.05) is 42.8 Å². The van der Waals surface area contributed by atoms with Gasteiger partial charge in [0.1, 0.15) is 0 Å². The van der Waals surface area contributed by atoms with Gasteiger partial charge in [-0.3, -0.25) is 9.78 Å².